The third-order valence-corrected chi connectivity index (χ3v) is 5.65. The largest absolute Gasteiger partial charge is 0.381 e. The number of nitrogens with zero attached hydrogens (tertiary/aromatic N) is 2. The first kappa shape index (κ1) is 18.4. The van der Waals surface area contributed by atoms with Gasteiger partial charge in [0.15, 0.2) is 0 Å². The van der Waals surface area contributed by atoms with E-state index in [9.17, 15) is 4.79 Å². The molecule has 2 saturated heterocycles. The number of rotatable bonds is 6. The van der Waals surface area contributed by atoms with Crippen molar-refractivity contribution in [1.29, 1.82) is 0 Å². The number of piperazine rings is 1. The Bertz CT molecular complexity index is 535. The van der Waals surface area contributed by atoms with E-state index in [1.54, 1.807) is 0 Å². The topological polar surface area (TPSA) is 44.8 Å². The first-order chi connectivity index (χ1) is 12.2. The molecule has 0 radical (unpaired) electrons. The molecule has 1 amide bonds. The van der Waals surface area contributed by atoms with Crippen LogP contribution in [-0.4, -0.2) is 67.2 Å². The van der Waals surface area contributed by atoms with E-state index in [0.29, 0.717) is 6.42 Å². The molecule has 0 bridgehead atoms. The molecule has 2 aliphatic heterocycles. The second-order valence-electron chi connectivity index (χ2n) is 7.22. The van der Waals surface area contributed by atoms with Gasteiger partial charge >= 0.3 is 0 Å². The van der Waals surface area contributed by atoms with E-state index >= 15 is 0 Å². The van der Waals surface area contributed by atoms with E-state index in [1.165, 1.54) is 5.56 Å². The quantitative estimate of drug-likeness (QED) is 0.855. The lowest BCUT2D eigenvalue weighted by Crippen LogP contribution is -2.62. The van der Waals surface area contributed by atoms with Crippen molar-refractivity contribution >= 4 is 5.91 Å². The van der Waals surface area contributed by atoms with E-state index < -0.39 is 0 Å². The lowest BCUT2D eigenvalue weighted by atomic mass is 9.87. The Morgan fingerprint density at radius 2 is 1.80 bits per heavy atom. The summed E-state index contributed by atoms with van der Waals surface area (Å²) in [5, 5.41) is 3.14. The number of hydrogen-bond acceptors (Lipinski definition) is 4. The third kappa shape index (κ3) is 4.81. The first-order valence-electron chi connectivity index (χ1n) is 9.58. The van der Waals surface area contributed by atoms with E-state index in [0.717, 1.165) is 65.3 Å². The maximum absolute atomic E-state index is 11.8. The Morgan fingerprint density at radius 1 is 1.12 bits per heavy atom. The fourth-order valence-corrected chi connectivity index (χ4v) is 3.97. The molecule has 2 aliphatic rings. The molecule has 25 heavy (non-hydrogen) atoms. The molecule has 138 valence electrons. The van der Waals surface area contributed by atoms with E-state index in [2.05, 4.69) is 45.4 Å². The van der Waals surface area contributed by atoms with Gasteiger partial charge in [-0.05, 0) is 18.4 Å². The van der Waals surface area contributed by atoms with Crippen LogP contribution in [0.2, 0.25) is 0 Å². The average molecular weight is 345 g/mol. The van der Waals surface area contributed by atoms with Crippen molar-refractivity contribution in [2.75, 3.05) is 45.9 Å². The summed E-state index contributed by atoms with van der Waals surface area (Å²) in [5.74, 6) is 0.147. The number of amides is 1. The Labute approximate surface area is 151 Å². The summed E-state index contributed by atoms with van der Waals surface area (Å²) in [4.78, 5) is 16.9. The molecule has 1 aromatic carbocycles. The van der Waals surface area contributed by atoms with Crippen LogP contribution in [0.5, 0.6) is 0 Å². The highest BCUT2D eigenvalue weighted by molar-refractivity contribution is 5.75. The van der Waals surface area contributed by atoms with Crippen LogP contribution in [-0.2, 0) is 16.1 Å². The Balaban J connectivity index is 1.57. The highest BCUT2D eigenvalue weighted by atomic mass is 16.5. The maximum Gasteiger partial charge on any atom is 0.219 e. The predicted molar refractivity (Wildman–Crippen MR) is 99.4 cm³/mol. The Morgan fingerprint density at radius 3 is 2.44 bits per heavy atom. The number of hydrogen-bond donors (Lipinski definition) is 1. The van der Waals surface area contributed by atoms with Crippen LogP contribution in [0.1, 0.15) is 31.7 Å². The summed E-state index contributed by atoms with van der Waals surface area (Å²) in [7, 11) is 0. The molecule has 0 aliphatic carbocycles. The van der Waals surface area contributed by atoms with Gasteiger partial charge in [-0.2, -0.15) is 0 Å². The van der Waals surface area contributed by atoms with Gasteiger partial charge in [-0.1, -0.05) is 37.3 Å². The summed E-state index contributed by atoms with van der Waals surface area (Å²) < 4.78 is 5.60. The average Bonchev–Trinajstić information content (AvgIpc) is 2.68. The van der Waals surface area contributed by atoms with Crippen LogP contribution in [0.15, 0.2) is 30.3 Å². The van der Waals surface area contributed by atoms with Gasteiger partial charge in [0.25, 0.3) is 0 Å². The molecule has 0 atom stereocenters. The zero-order valence-electron chi connectivity index (χ0n) is 15.4. The molecule has 2 fully saturated rings. The zero-order valence-corrected chi connectivity index (χ0v) is 15.4. The molecule has 5 nitrogen and oxygen atoms in total. The zero-order chi connectivity index (χ0) is 17.5. The minimum atomic E-state index is 0.0713. The van der Waals surface area contributed by atoms with Gasteiger partial charge in [0.05, 0.1) is 0 Å². The summed E-state index contributed by atoms with van der Waals surface area (Å²) in [6.07, 6.45) is 2.57. The number of carbonyl (C=O) groups is 1. The lowest BCUT2D eigenvalue weighted by Gasteiger charge is -2.49. The van der Waals surface area contributed by atoms with Crippen molar-refractivity contribution in [3.8, 4) is 0 Å². The van der Waals surface area contributed by atoms with Gasteiger partial charge in [0.2, 0.25) is 5.91 Å². The molecule has 1 aromatic rings. The summed E-state index contributed by atoms with van der Waals surface area (Å²) in [6.45, 7) is 9.58. The Kier molecular flexibility index (Phi) is 6.45. The molecule has 5 heteroatoms. The van der Waals surface area contributed by atoms with E-state index in [-0.39, 0.29) is 11.4 Å². The molecule has 0 spiro atoms. The number of nitrogens with one attached hydrogen (secondary N) is 1. The fraction of sp³-hybridized carbons (Fsp3) is 0.650. The van der Waals surface area contributed by atoms with Crippen molar-refractivity contribution in [2.24, 2.45) is 0 Å². The molecule has 0 unspecified atom stereocenters. The van der Waals surface area contributed by atoms with Crippen molar-refractivity contribution in [3.63, 3.8) is 0 Å². The van der Waals surface area contributed by atoms with Crippen molar-refractivity contribution < 1.29 is 9.53 Å². The van der Waals surface area contributed by atoms with Gasteiger partial charge in [-0.25, -0.2) is 0 Å². The highest BCUT2D eigenvalue weighted by Gasteiger charge is 2.39. The smallest absolute Gasteiger partial charge is 0.219 e. The standard InChI is InChI=1S/C20H31N3O2/c1-2-19(24)21-17-20(8-14-25-15-9-20)23-12-10-22(11-13-23)16-18-6-4-3-5-7-18/h3-7H,2,8-17H2,1H3,(H,21,24). The summed E-state index contributed by atoms with van der Waals surface area (Å²) in [5.41, 5.74) is 1.45. The van der Waals surface area contributed by atoms with Gasteiger partial charge in [0.1, 0.15) is 0 Å². The Hall–Kier alpha value is -1.43. The SMILES string of the molecule is CCC(=O)NCC1(N2CCN(Cc3ccccc3)CC2)CCOCC1. The molecule has 0 aromatic heterocycles. The first-order valence-corrected chi connectivity index (χ1v) is 9.58. The fourth-order valence-electron chi connectivity index (χ4n) is 3.97. The van der Waals surface area contributed by atoms with Crippen LogP contribution < -0.4 is 5.32 Å². The molecule has 2 heterocycles. The second kappa shape index (κ2) is 8.79. The summed E-state index contributed by atoms with van der Waals surface area (Å²) >= 11 is 0. The van der Waals surface area contributed by atoms with Crippen LogP contribution in [0.4, 0.5) is 0 Å². The molecular formula is C20H31N3O2. The third-order valence-electron chi connectivity index (χ3n) is 5.65. The van der Waals surface area contributed by atoms with Crippen LogP contribution in [0.25, 0.3) is 0 Å². The molecule has 3 rings (SSSR count). The number of ether oxygens (including phenoxy) is 1. The van der Waals surface area contributed by atoms with E-state index in [1.807, 2.05) is 6.92 Å². The predicted octanol–water partition coefficient (Wildman–Crippen LogP) is 1.88. The molecule has 0 saturated carbocycles. The number of benzene rings is 1. The van der Waals surface area contributed by atoms with Gasteiger partial charge < -0.3 is 10.1 Å². The minimum absolute atomic E-state index is 0.0713. The lowest BCUT2D eigenvalue weighted by molar-refractivity contribution is -0.122. The highest BCUT2D eigenvalue weighted by Crippen LogP contribution is 2.29. The molecule has 1 N–H and O–H groups in total. The van der Waals surface area contributed by atoms with Crippen LogP contribution in [0.3, 0.4) is 0 Å². The minimum Gasteiger partial charge on any atom is -0.381 e. The van der Waals surface area contributed by atoms with Crippen LogP contribution in [0, 0.1) is 0 Å². The second-order valence-corrected chi connectivity index (χ2v) is 7.22. The molecular weight excluding hydrogens is 314 g/mol. The van der Waals surface area contributed by atoms with Gasteiger partial charge in [0, 0.05) is 64.4 Å². The van der Waals surface area contributed by atoms with Crippen molar-refractivity contribution in [2.45, 2.75) is 38.3 Å². The van der Waals surface area contributed by atoms with Crippen LogP contribution >= 0.6 is 0 Å². The van der Waals surface area contributed by atoms with Crippen molar-refractivity contribution in [3.05, 3.63) is 35.9 Å². The summed E-state index contributed by atoms with van der Waals surface area (Å²) in [6, 6.07) is 10.7. The van der Waals surface area contributed by atoms with Gasteiger partial charge in [-0.15, -0.1) is 0 Å². The monoisotopic (exact) mass is 345 g/mol. The normalized spacial score (nSPS) is 21.8. The number of carbonyl (C=O) groups excluding carboxylic acids is 1. The van der Waals surface area contributed by atoms with Gasteiger partial charge in [-0.3, -0.25) is 14.6 Å². The van der Waals surface area contributed by atoms with Crippen molar-refractivity contribution in [1.82, 2.24) is 15.1 Å². The maximum atomic E-state index is 11.8. The van der Waals surface area contributed by atoms with E-state index in [4.69, 9.17) is 4.74 Å².